The molecular weight excluding hydrogens is 551 g/mol. The minimum atomic E-state index is -3.92. The highest BCUT2D eigenvalue weighted by atomic mass is 32.2. The van der Waals surface area contributed by atoms with Crippen molar-refractivity contribution in [3.05, 3.63) is 90.5 Å². The monoisotopic (exact) mass is 591 g/mol. The highest BCUT2D eigenvalue weighted by Crippen LogP contribution is 2.37. The van der Waals surface area contributed by atoms with Crippen molar-refractivity contribution in [3.8, 4) is 0 Å². The van der Waals surface area contributed by atoms with Crippen molar-refractivity contribution in [2.45, 2.75) is 62.6 Å². The Morgan fingerprint density at radius 1 is 0.902 bits per heavy atom. The average Bonchev–Trinajstić information content (AvgIpc) is 2.97. The maximum Gasteiger partial charge on any atom is 0.266 e. The third-order valence-electron chi connectivity index (χ3n) is 8.27. The molecule has 0 unspecified atom stereocenters. The van der Waals surface area contributed by atoms with Crippen LogP contribution in [0, 0.1) is 6.92 Å². The number of guanidine groups is 1. The van der Waals surface area contributed by atoms with Crippen LogP contribution in [0.5, 0.6) is 0 Å². The van der Waals surface area contributed by atoms with Gasteiger partial charge in [-0.25, -0.2) is 17.7 Å². The third-order valence-corrected chi connectivity index (χ3v) is 15.1. The van der Waals surface area contributed by atoms with E-state index in [-0.39, 0.29) is 22.6 Å². The van der Waals surface area contributed by atoms with Gasteiger partial charge in [0, 0.05) is 13.1 Å². The number of aliphatic imine (C=N–C) groups is 1. The Bertz CT molecular complexity index is 1420. The molecule has 0 bridgehead atoms. The summed E-state index contributed by atoms with van der Waals surface area (Å²) >= 11 is 0. The number of benzene rings is 3. The largest absolute Gasteiger partial charge is 0.405 e. The quantitative estimate of drug-likeness (QED) is 0.404. The van der Waals surface area contributed by atoms with Crippen LogP contribution in [0.3, 0.4) is 0 Å². The van der Waals surface area contributed by atoms with Crippen molar-refractivity contribution in [3.63, 3.8) is 0 Å². The summed E-state index contributed by atoms with van der Waals surface area (Å²) in [6, 6.07) is 27.1. The summed E-state index contributed by atoms with van der Waals surface area (Å²) < 4.78 is 36.4. The van der Waals surface area contributed by atoms with Gasteiger partial charge in [0.15, 0.2) is 0 Å². The molecule has 0 aromatic heterocycles. The van der Waals surface area contributed by atoms with Crippen LogP contribution >= 0.6 is 0 Å². The first-order chi connectivity index (χ1) is 19.6. The SMILES string of the molecule is Cc1ccc(S(=O)(=O)N2C3=N[C@@H](CO[Si](c4ccccc4)(c4ccccc4)C(C)(C)C)CCN3CC[C@@H]2CO)cc1. The van der Waals surface area contributed by atoms with E-state index in [0.717, 1.165) is 12.0 Å². The molecule has 1 fully saturated rings. The molecule has 0 radical (unpaired) electrons. The minimum Gasteiger partial charge on any atom is -0.405 e. The molecule has 2 atom stereocenters. The normalized spacial score (nSPS) is 20.0. The van der Waals surface area contributed by atoms with E-state index in [0.29, 0.717) is 32.1 Å². The molecule has 41 heavy (non-hydrogen) atoms. The molecule has 2 aliphatic heterocycles. The van der Waals surface area contributed by atoms with Gasteiger partial charge in [0.05, 0.1) is 30.2 Å². The van der Waals surface area contributed by atoms with Crippen molar-refractivity contribution in [1.82, 2.24) is 9.21 Å². The number of hydrogen-bond acceptors (Lipinski definition) is 6. The van der Waals surface area contributed by atoms with Crippen LogP contribution in [-0.2, 0) is 14.4 Å². The molecule has 7 nitrogen and oxygen atoms in total. The second kappa shape index (κ2) is 11.7. The topological polar surface area (TPSA) is 82.4 Å². The van der Waals surface area contributed by atoms with Gasteiger partial charge >= 0.3 is 0 Å². The number of rotatable bonds is 8. The predicted octanol–water partition coefficient (Wildman–Crippen LogP) is 3.76. The van der Waals surface area contributed by atoms with Gasteiger partial charge in [-0.05, 0) is 47.3 Å². The van der Waals surface area contributed by atoms with Gasteiger partial charge in [0.1, 0.15) is 0 Å². The minimum absolute atomic E-state index is 0.169. The molecule has 3 aromatic rings. The van der Waals surface area contributed by atoms with Gasteiger partial charge in [-0.15, -0.1) is 0 Å². The maximum atomic E-state index is 13.9. The molecule has 0 aliphatic carbocycles. The van der Waals surface area contributed by atoms with E-state index in [1.165, 1.54) is 14.7 Å². The highest BCUT2D eigenvalue weighted by molar-refractivity contribution is 7.89. The zero-order valence-corrected chi connectivity index (χ0v) is 26.2. The summed E-state index contributed by atoms with van der Waals surface area (Å²) in [6.07, 6.45) is 1.31. The van der Waals surface area contributed by atoms with Crippen LogP contribution in [0.25, 0.3) is 0 Å². The predicted molar refractivity (Wildman–Crippen MR) is 167 cm³/mol. The zero-order chi connectivity index (χ0) is 29.3. The van der Waals surface area contributed by atoms with E-state index in [4.69, 9.17) is 9.42 Å². The standard InChI is InChI=1S/C32H41N3O4SSi/c1-25-15-17-28(18-16-25)40(37,38)35-27(23-36)20-22-34-21-19-26(33-31(34)35)24-39-41(32(2,3)4,29-11-7-5-8-12-29)30-13-9-6-10-14-30/h5-18,26-27,36H,19-24H2,1-4H3/t26-,27-/m1/s1. The van der Waals surface area contributed by atoms with Crippen LogP contribution in [0.2, 0.25) is 5.04 Å². The molecule has 2 heterocycles. The lowest BCUT2D eigenvalue weighted by atomic mass is 10.1. The zero-order valence-electron chi connectivity index (χ0n) is 24.4. The van der Waals surface area contributed by atoms with E-state index in [2.05, 4.69) is 69.3 Å². The Kier molecular flexibility index (Phi) is 8.43. The smallest absolute Gasteiger partial charge is 0.266 e. The molecule has 0 amide bonds. The Morgan fingerprint density at radius 2 is 1.46 bits per heavy atom. The van der Waals surface area contributed by atoms with E-state index in [9.17, 15) is 13.5 Å². The highest BCUT2D eigenvalue weighted by Gasteiger charge is 2.51. The van der Waals surface area contributed by atoms with E-state index >= 15 is 0 Å². The molecule has 218 valence electrons. The number of aryl methyl sites for hydroxylation is 1. The van der Waals surface area contributed by atoms with Crippen molar-refractivity contribution < 1.29 is 18.0 Å². The number of aliphatic hydroxyl groups is 1. The summed E-state index contributed by atoms with van der Waals surface area (Å²) in [6.45, 7) is 10.1. The molecule has 0 spiro atoms. The maximum absolute atomic E-state index is 13.9. The first kappa shape index (κ1) is 29.5. The molecule has 9 heteroatoms. The number of sulfonamides is 1. The fourth-order valence-corrected chi connectivity index (χ4v) is 12.4. The van der Waals surface area contributed by atoms with Crippen LogP contribution in [-0.4, -0.2) is 75.4 Å². The Labute approximate surface area is 245 Å². The van der Waals surface area contributed by atoms with E-state index < -0.39 is 24.4 Å². The average molecular weight is 592 g/mol. The first-order valence-corrected chi connectivity index (χ1v) is 17.7. The lowest BCUT2D eigenvalue weighted by molar-refractivity contribution is 0.157. The van der Waals surface area contributed by atoms with Crippen molar-refractivity contribution in [1.29, 1.82) is 0 Å². The van der Waals surface area contributed by atoms with Crippen LogP contribution in [0.1, 0.15) is 39.2 Å². The van der Waals surface area contributed by atoms with Crippen LogP contribution in [0.4, 0.5) is 0 Å². The van der Waals surface area contributed by atoms with Crippen LogP contribution < -0.4 is 10.4 Å². The van der Waals surface area contributed by atoms with Crippen LogP contribution in [0.15, 0.2) is 94.8 Å². The van der Waals surface area contributed by atoms with Gasteiger partial charge in [-0.2, -0.15) is 0 Å². The van der Waals surface area contributed by atoms with Crippen molar-refractivity contribution in [2.24, 2.45) is 4.99 Å². The number of fused-ring (bicyclic) bond motifs is 1. The Balaban J connectivity index is 1.52. The van der Waals surface area contributed by atoms with Crippen molar-refractivity contribution >= 4 is 34.7 Å². The molecule has 1 N–H and O–H groups in total. The second-order valence-electron chi connectivity index (χ2n) is 12.1. The summed E-state index contributed by atoms with van der Waals surface area (Å²) in [5.74, 6) is 0.415. The lowest BCUT2D eigenvalue weighted by Crippen LogP contribution is -2.67. The summed E-state index contributed by atoms with van der Waals surface area (Å²) in [4.78, 5) is 7.28. The Morgan fingerprint density at radius 3 is 2.00 bits per heavy atom. The van der Waals surface area contributed by atoms with E-state index in [1.807, 2.05) is 24.0 Å². The summed E-state index contributed by atoms with van der Waals surface area (Å²) in [7, 11) is -6.68. The molecule has 0 saturated carbocycles. The summed E-state index contributed by atoms with van der Waals surface area (Å²) in [5, 5.41) is 12.5. The second-order valence-corrected chi connectivity index (χ2v) is 18.2. The van der Waals surface area contributed by atoms with Gasteiger partial charge < -0.3 is 14.4 Å². The van der Waals surface area contributed by atoms with Gasteiger partial charge in [-0.1, -0.05) is 99.1 Å². The number of hydrogen-bond donors (Lipinski definition) is 1. The number of nitrogens with zero attached hydrogens (tertiary/aromatic N) is 3. The lowest BCUT2D eigenvalue weighted by Gasteiger charge is -2.46. The van der Waals surface area contributed by atoms with Gasteiger partial charge in [-0.3, -0.25) is 0 Å². The van der Waals surface area contributed by atoms with E-state index in [1.54, 1.807) is 24.3 Å². The number of aliphatic hydroxyl groups excluding tert-OH is 1. The van der Waals surface area contributed by atoms with Gasteiger partial charge in [0.2, 0.25) is 5.96 Å². The summed E-state index contributed by atoms with van der Waals surface area (Å²) in [5.41, 5.74) is 0.985. The van der Waals surface area contributed by atoms with Crippen molar-refractivity contribution in [2.75, 3.05) is 26.3 Å². The molecule has 2 aliphatic rings. The molecule has 1 saturated heterocycles. The molecule has 3 aromatic carbocycles. The molecular formula is C32H41N3O4SSi. The first-order valence-electron chi connectivity index (χ1n) is 14.4. The fourth-order valence-electron chi connectivity index (χ4n) is 6.10. The fraction of sp³-hybridized carbons (Fsp3) is 0.406. The van der Waals surface area contributed by atoms with Gasteiger partial charge in [0.25, 0.3) is 18.3 Å². The Hall–Kier alpha value is -2.98. The molecule has 5 rings (SSSR count). The third kappa shape index (κ3) is 5.60.